The number of nitrogen functional groups attached to an aromatic ring is 1. The number of benzene rings is 2. The predicted molar refractivity (Wildman–Crippen MR) is 137 cm³/mol. The zero-order valence-electron chi connectivity index (χ0n) is 19.2. The fraction of sp³-hybridized carbons (Fsp3) is 0.185. The van der Waals surface area contributed by atoms with E-state index in [1.807, 2.05) is 48.5 Å². The summed E-state index contributed by atoms with van der Waals surface area (Å²) < 4.78 is 1.46. The third-order valence-corrected chi connectivity index (χ3v) is 6.19. The molecule has 0 saturated heterocycles. The summed E-state index contributed by atoms with van der Waals surface area (Å²) in [6.45, 7) is 0. The molecule has 4 aromatic rings. The first-order valence-corrected chi connectivity index (χ1v) is 11.6. The van der Waals surface area contributed by atoms with Crippen LogP contribution in [0.5, 0.6) is 0 Å². The second kappa shape index (κ2) is 9.42. The highest BCUT2D eigenvalue weighted by atomic mass is 16.1. The molecule has 0 unspecified atom stereocenters. The van der Waals surface area contributed by atoms with Gasteiger partial charge in [-0.05, 0) is 73.2 Å². The molecule has 35 heavy (non-hydrogen) atoms. The van der Waals surface area contributed by atoms with Crippen LogP contribution in [0.25, 0.3) is 16.9 Å². The first kappa shape index (κ1) is 22.3. The zero-order chi connectivity index (χ0) is 24.4. The molecule has 0 fully saturated rings. The zero-order valence-corrected chi connectivity index (χ0v) is 19.2. The number of aromatic nitrogens is 3. The molecule has 1 aliphatic carbocycles. The molecule has 1 aliphatic rings. The summed E-state index contributed by atoms with van der Waals surface area (Å²) in [5.41, 5.74) is 18.3. The summed E-state index contributed by atoms with van der Waals surface area (Å²) in [4.78, 5) is 32.1. The Hall–Kier alpha value is -4.46. The van der Waals surface area contributed by atoms with Gasteiger partial charge < -0.3 is 16.8 Å². The minimum Gasteiger partial charge on any atom is -0.383 e. The van der Waals surface area contributed by atoms with Crippen LogP contribution in [0.4, 0.5) is 17.2 Å². The highest BCUT2D eigenvalue weighted by Gasteiger charge is 2.19. The van der Waals surface area contributed by atoms with E-state index in [-0.39, 0.29) is 11.7 Å². The van der Waals surface area contributed by atoms with Gasteiger partial charge in [0.25, 0.3) is 0 Å². The van der Waals surface area contributed by atoms with E-state index >= 15 is 0 Å². The van der Waals surface area contributed by atoms with Gasteiger partial charge in [0, 0.05) is 35.2 Å². The fourth-order valence-electron chi connectivity index (χ4n) is 4.41. The first-order chi connectivity index (χ1) is 17.0. The standard InChI is InChI=1S/C27H26N6O2/c28-25-13-14-33(27(35)32-25)20-4-1-3-18(15-20)23-16-24(21-5-2-6-22(21)31-23)30-19-10-7-17(8-11-19)9-12-26(29)34/h1,3-4,7-8,10-11,13-16H,2,5-6,9,12H2,(H2,29,34)(H,30,31)(H2,28,32,35). The van der Waals surface area contributed by atoms with Gasteiger partial charge in [-0.15, -0.1) is 0 Å². The number of anilines is 3. The van der Waals surface area contributed by atoms with Crippen LogP contribution < -0.4 is 22.5 Å². The molecule has 1 amide bonds. The Kier molecular flexibility index (Phi) is 6.01. The van der Waals surface area contributed by atoms with E-state index in [0.29, 0.717) is 18.5 Å². The highest BCUT2D eigenvalue weighted by Crippen LogP contribution is 2.34. The van der Waals surface area contributed by atoms with Crippen molar-refractivity contribution >= 4 is 23.1 Å². The number of nitrogens with two attached hydrogens (primary N) is 2. The number of nitrogens with one attached hydrogen (secondary N) is 1. The molecule has 8 heteroatoms. The molecule has 0 aliphatic heterocycles. The number of carbonyl (C=O) groups is 1. The van der Waals surface area contributed by atoms with E-state index in [1.165, 1.54) is 10.1 Å². The van der Waals surface area contributed by atoms with Crippen molar-refractivity contribution in [2.24, 2.45) is 5.73 Å². The Morgan fingerprint density at radius 1 is 1.03 bits per heavy atom. The smallest absolute Gasteiger partial charge is 0.354 e. The number of nitrogens with zero attached hydrogens (tertiary/aromatic N) is 3. The summed E-state index contributed by atoms with van der Waals surface area (Å²) >= 11 is 0. The molecule has 8 nitrogen and oxygen atoms in total. The van der Waals surface area contributed by atoms with Crippen molar-refractivity contribution in [1.29, 1.82) is 0 Å². The van der Waals surface area contributed by atoms with Crippen LogP contribution in [-0.2, 0) is 24.1 Å². The van der Waals surface area contributed by atoms with Gasteiger partial charge in [-0.25, -0.2) is 4.79 Å². The van der Waals surface area contributed by atoms with Gasteiger partial charge in [-0.2, -0.15) is 4.98 Å². The third-order valence-electron chi connectivity index (χ3n) is 6.19. The van der Waals surface area contributed by atoms with E-state index in [1.54, 1.807) is 12.3 Å². The van der Waals surface area contributed by atoms with Crippen molar-refractivity contribution in [1.82, 2.24) is 14.5 Å². The van der Waals surface area contributed by atoms with Crippen molar-refractivity contribution in [3.63, 3.8) is 0 Å². The Morgan fingerprint density at radius 3 is 2.63 bits per heavy atom. The Balaban J connectivity index is 1.46. The molecule has 5 rings (SSSR count). The number of carbonyl (C=O) groups excluding carboxylic acids is 1. The SMILES string of the molecule is NC(=O)CCc1ccc(Nc2cc(-c3cccc(-n4ccc(N)nc4=O)c3)nc3c2CCC3)cc1. The monoisotopic (exact) mass is 466 g/mol. The molecule has 0 saturated carbocycles. The van der Waals surface area contributed by atoms with Crippen molar-refractivity contribution in [2.75, 3.05) is 11.1 Å². The maximum atomic E-state index is 12.3. The van der Waals surface area contributed by atoms with Gasteiger partial charge >= 0.3 is 5.69 Å². The number of fused-ring (bicyclic) bond motifs is 1. The molecule has 0 atom stereocenters. The number of pyridine rings is 1. The van der Waals surface area contributed by atoms with Crippen molar-refractivity contribution in [3.8, 4) is 16.9 Å². The Bertz CT molecular complexity index is 1460. The largest absolute Gasteiger partial charge is 0.383 e. The molecule has 0 spiro atoms. The molecule has 2 aromatic heterocycles. The molecular weight excluding hydrogens is 440 g/mol. The van der Waals surface area contributed by atoms with Gasteiger partial charge in [0.05, 0.1) is 11.4 Å². The minimum atomic E-state index is -0.425. The second-order valence-corrected chi connectivity index (χ2v) is 8.68. The lowest BCUT2D eigenvalue weighted by Crippen LogP contribution is -2.21. The summed E-state index contributed by atoms with van der Waals surface area (Å²) in [5.74, 6) is -0.104. The van der Waals surface area contributed by atoms with Gasteiger partial charge in [0.15, 0.2) is 0 Å². The predicted octanol–water partition coefficient (Wildman–Crippen LogP) is 3.53. The third kappa shape index (κ3) is 4.91. The van der Waals surface area contributed by atoms with Gasteiger partial charge in [0.2, 0.25) is 5.91 Å². The average molecular weight is 467 g/mol. The summed E-state index contributed by atoms with van der Waals surface area (Å²) in [6, 6.07) is 19.4. The normalized spacial score (nSPS) is 12.3. The lowest BCUT2D eigenvalue weighted by Gasteiger charge is -2.15. The summed E-state index contributed by atoms with van der Waals surface area (Å²) in [6.07, 6.45) is 5.58. The van der Waals surface area contributed by atoms with Crippen LogP contribution in [0, 0.1) is 0 Å². The molecule has 0 radical (unpaired) electrons. The van der Waals surface area contributed by atoms with Gasteiger partial charge in [0.1, 0.15) is 5.82 Å². The molecule has 0 bridgehead atoms. The van der Waals surface area contributed by atoms with Gasteiger partial charge in [-0.1, -0.05) is 24.3 Å². The average Bonchev–Trinajstić information content (AvgIpc) is 3.33. The van der Waals surface area contributed by atoms with E-state index in [9.17, 15) is 9.59 Å². The second-order valence-electron chi connectivity index (χ2n) is 8.68. The number of hydrogen-bond donors (Lipinski definition) is 3. The van der Waals surface area contributed by atoms with Crippen LogP contribution in [0.3, 0.4) is 0 Å². The molecule has 176 valence electrons. The molecule has 2 aromatic carbocycles. The van der Waals surface area contributed by atoms with E-state index in [2.05, 4.69) is 16.4 Å². The Labute approximate surface area is 202 Å². The lowest BCUT2D eigenvalue weighted by atomic mass is 10.1. The summed E-state index contributed by atoms with van der Waals surface area (Å²) in [7, 11) is 0. The van der Waals surface area contributed by atoms with E-state index in [0.717, 1.165) is 53.2 Å². The highest BCUT2D eigenvalue weighted by molar-refractivity contribution is 5.74. The summed E-state index contributed by atoms with van der Waals surface area (Å²) in [5, 5.41) is 3.56. The van der Waals surface area contributed by atoms with Gasteiger partial charge in [-0.3, -0.25) is 14.3 Å². The van der Waals surface area contributed by atoms with E-state index < -0.39 is 5.69 Å². The number of amides is 1. The van der Waals surface area contributed by atoms with Crippen LogP contribution in [0.15, 0.2) is 71.7 Å². The van der Waals surface area contributed by atoms with E-state index in [4.69, 9.17) is 16.5 Å². The van der Waals surface area contributed by atoms with Crippen LogP contribution in [0.2, 0.25) is 0 Å². The van der Waals surface area contributed by atoms with Crippen LogP contribution in [-0.4, -0.2) is 20.4 Å². The molecule has 2 heterocycles. The van der Waals surface area contributed by atoms with Crippen LogP contribution in [0.1, 0.15) is 29.7 Å². The Morgan fingerprint density at radius 2 is 1.86 bits per heavy atom. The van der Waals surface area contributed by atoms with Crippen LogP contribution >= 0.6 is 0 Å². The quantitative estimate of drug-likeness (QED) is 0.382. The molecule has 5 N–H and O–H groups in total. The topological polar surface area (TPSA) is 129 Å². The number of hydrogen-bond acceptors (Lipinski definition) is 6. The van der Waals surface area contributed by atoms with Crippen molar-refractivity contribution in [2.45, 2.75) is 32.1 Å². The lowest BCUT2D eigenvalue weighted by molar-refractivity contribution is -0.117. The minimum absolute atomic E-state index is 0.194. The number of primary amides is 1. The number of aryl methyl sites for hydroxylation is 2. The molecular formula is C27H26N6O2. The maximum Gasteiger partial charge on any atom is 0.354 e. The first-order valence-electron chi connectivity index (χ1n) is 11.6. The number of rotatable bonds is 7. The maximum absolute atomic E-state index is 12.3. The van der Waals surface area contributed by atoms with Crippen molar-refractivity contribution in [3.05, 3.63) is 94.2 Å². The van der Waals surface area contributed by atoms with Crippen molar-refractivity contribution < 1.29 is 4.79 Å². The fourth-order valence-corrected chi connectivity index (χ4v) is 4.41.